The highest BCUT2D eigenvalue weighted by Crippen LogP contribution is 2.22. The van der Waals surface area contributed by atoms with Gasteiger partial charge in [0.1, 0.15) is 11.8 Å². The third kappa shape index (κ3) is 3.29. The van der Waals surface area contributed by atoms with E-state index in [-0.39, 0.29) is 0 Å². The maximum absolute atomic E-state index is 8.84. The van der Waals surface area contributed by atoms with Gasteiger partial charge in [-0.2, -0.15) is 5.26 Å². The first-order valence-electron chi connectivity index (χ1n) is 7.20. The van der Waals surface area contributed by atoms with Gasteiger partial charge in [-0.1, -0.05) is 0 Å². The Bertz CT molecular complexity index is 638. The predicted octanol–water partition coefficient (Wildman–Crippen LogP) is 3.08. The van der Waals surface area contributed by atoms with Crippen molar-refractivity contribution in [3.63, 3.8) is 0 Å². The lowest BCUT2D eigenvalue weighted by Crippen LogP contribution is -2.29. The highest BCUT2D eigenvalue weighted by atomic mass is 15.1. The van der Waals surface area contributed by atoms with E-state index in [1.54, 1.807) is 12.3 Å². The zero-order valence-corrected chi connectivity index (χ0v) is 11.8. The van der Waals surface area contributed by atoms with Gasteiger partial charge in [0.25, 0.3) is 0 Å². The van der Waals surface area contributed by atoms with E-state index in [4.69, 9.17) is 5.26 Å². The lowest BCUT2D eigenvalue weighted by atomic mass is 10.1. The molecule has 0 aliphatic carbocycles. The van der Waals surface area contributed by atoms with Gasteiger partial charge in [-0.05, 0) is 49.6 Å². The summed E-state index contributed by atoms with van der Waals surface area (Å²) in [6, 6.07) is 11.9. The molecular weight excluding hydrogens is 262 g/mol. The number of benzene rings is 1. The molecule has 1 aromatic carbocycles. The Balaban J connectivity index is 1.70. The second-order valence-corrected chi connectivity index (χ2v) is 5.10. The van der Waals surface area contributed by atoms with Crippen LogP contribution in [0.25, 0.3) is 0 Å². The van der Waals surface area contributed by atoms with Crippen LogP contribution in [0, 0.1) is 11.3 Å². The van der Waals surface area contributed by atoms with E-state index in [1.807, 2.05) is 18.2 Å². The third-order valence-electron chi connectivity index (χ3n) is 3.61. The molecule has 21 heavy (non-hydrogen) atoms. The maximum atomic E-state index is 8.84. The van der Waals surface area contributed by atoms with E-state index >= 15 is 0 Å². The molecule has 0 unspecified atom stereocenters. The van der Waals surface area contributed by atoms with Crippen LogP contribution in [0.5, 0.6) is 0 Å². The maximum Gasteiger partial charge on any atom is 0.228 e. The van der Waals surface area contributed by atoms with Crippen molar-refractivity contribution < 1.29 is 0 Å². The van der Waals surface area contributed by atoms with Gasteiger partial charge in [0.15, 0.2) is 0 Å². The SMILES string of the molecule is N#Cc1ccnc(Nc2ccc(N3CCCCC3)cc2)n1. The number of aromatic nitrogens is 2. The highest BCUT2D eigenvalue weighted by molar-refractivity contribution is 5.59. The van der Waals surface area contributed by atoms with Gasteiger partial charge in [0, 0.05) is 30.7 Å². The van der Waals surface area contributed by atoms with Crippen LogP contribution in [0.15, 0.2) is 36.5 Å². The van der Waals surface area contributed by atoms with Gasteiger partial charge in [-0.25, -0.2) is 9.97 Å². The summed E-state index contributed by atoms with van der Waals surface area (Å²) in [6.07, 6.45) is 5.46. The number of nitrogens with one attached hydrogen (secondary N) is 1. The summed E-state index contributed by atoms with van der Waals surface area (Å²) < 4.78 is 0. The van der Waals surface area contributed by atoms with Crippen molar-refractivity contribution in [2.45, 2.75) is 19.3 Å². The summed E-state index contributed by atoms with van der Waals surface area (Å²) in [4.78, 5) is 10.6. The van der Waals surface area contributed by atoms with Gasteiger partial charge < -0.3 is 10.2 Å². The normalized spacial score (nSPS) is 14.5. The Morgan fingerprint density at radius 2 is 1.81 bits per heavy atom. The molecule has 5 heteroatoms. The molecule has 1 aromatic heterocycles. The van der Waals surface area contributed by atoms with Crippen LogP contribution < -0.4 is 10.2 Å². The molecule has 2 aromatic rings. The standard InChI is InChI=1S/C16H17N5/c17-12-14-8-9-18-16(20-14)19-13-4-6-15(7-5-13)21-10-2-1-3-11-21/h4-9H,1-3,10-11H2,(H,18,19,20). The summed E-state index contributed by atoms with van der Waals surface area (Å²) in [6.45, 7) is 2.28. The Hall–Kier alpha value is -2.61. The molecule has 3 rings (SSSR count). The monoisotopic (exact) mass is 279 g/mol. The molecular formula is C16H17N5. The van der Waals surface area contributed by atoms with Crippen LogP contribution in [0.1, 0.15) is 25.0 Å². The number of hydrogen-bond donors (Lipinski definition) is 1. The average molecular weight is 279 g/mol. The topological polar surface area (TPSA) is 64.8 Å². The molecule has 0 spiro atoms. The Kier molecular flexibility index (Phi) is 3.97. The number of anilines is 3. The molecule has 1 saturated heterocycles. The number of rotatable bonds is 3. The highest BCUT2D eigenvalue weighted by Gasteiger charge is 2.10. The zero-order chi connectivity index (χ0) is 14.5. The number of piperidine rings is 1. The zero-order valence-electron chi connectivity index (χ0n) is 11.8. The molecule has 1 aliphatic rings. The van der Waals surface area contributed by atoms with E-state index in [1.165, 1.54) is 24.9 Å². The van der Waals surface area contributed by atoms with E-state index in [0.29, 0.717) is 11.6 Å². The Morgan fingerprint density at radius 3 is 2.52 bits per heavy atom. The Labute approximate surface area is 124 Å². The second kappa shape index (κ2) is 6.23. The lowest BCUT2D eigenvalue weighted by Gasteiger charge is -2.28. The molecule has 1 aliphatic heterocycles. The molecule has 0 bridgehead atoms. The summed E-state index contributed by atoms with van der Waals surface area (Å²) in [5.74, 6) is 0.444. The van der Waals surface area contributed by atoms with Gasteiger partial charge in [0.05, 0.1) is 0 Å². The second-order valence-electron chi connectivity index (χ2n) is 5.10. The predicted molar refractivity (Wildman–Crippen MR) is 82.5 cm³/mol. The van der Waals surface area contributed by atoms with Crippen LogP contribution in [0.2, 0.25) is 0 Å². The van der Waals surface area contributed by atoms with Crippen molar-refractivity contribution in [1.29, 1.82) is 5.26 Å². The summed E-state index contributed by atoms with van der Waals surface area (Å²) in [5.41, 5.74) is 2.54. The quantitative estimate of drug-likeness (QED) is 0.935. The molecule has 1 fully saturated rings. The lowest BCUT2D eigenvalue weighted by molar-refractivity contribution is 0.578. The summed E-state index contributed by atoms with van der Waals surface area (Å²) in [5, 5.41) is 12.0. The van der Waals surface area contributed by atoms with E-state index in [0.717, 1.165) is 18.8 Å². The van der Waals surface area contributed by atoms with E-state index in [2.05, 4.69) is 32.3 Å². The fourth-order valence-electron chi connectivity index (χ4n) is 2.52. The average Bonchev–Trinajstić information content (AvgIpc) is 2.56. The minimum absolute atomic E-state index is 0.359. The van der Waals surface area contributed by atoms with Crippen LogP contribution in [0.3, 0.4) is 0 Å². The van der Waals surface area contributed by atoms with E-state index in [9.17, 15) is 0 Å². The van der Waals surface area contributed by atoms with Crippen LogP contribution in [-0.4, -0.2) is 23.1 Å². The molecule has 0 radical (unpaired) electrons. The molecule has 0 saturated carbocycles. The molecule has 0 amide bonds. The van der Waals surface area contributed by atoms with Crippen molar-refractivity contribution >= 4 is 17.3 Å². The van der Waals surface area contributed by atoms with Crippen molar-refractivity contribution in [3.8, 4) is 6.07 Å². The van der Waals surface area contributed by atoms with Gasteiger partial charge in [-0.15, -0.1) is 0 Å². The molecule has 5 nitrogen and oxygen atoms in total. The molecule has 1 N–H and O–H groups in total. The first-order valence-corrected chi connectivity index (χ1v) is 7.20. The van der Waals surface area contributed by atoms with E-state index < -0.39 is 0 Å². The fraction of sp³-hybridized carbons (Fsp3) is 0.312. The van der Waals surface area contributed by atoms with Gasteiger partial charge in [-0.3, -0.25) is 0 Å². The van der Waals surface area contributed by atoms with Crippen molar-refractivity contribution in [1.82, 2.24) is 9.97 Å². The van der Waals surface area contributed by atoms with Crippen molar-refractivity contribution in [2.75, 3.05) is 23.3 Å². The summed E-state index contributed by atoms with van der Waals surface area (Å²) >= 11 is 0. The Morgan fingerprint density at radius 1 is 1.05 bits per heavy atom. The number of hydrogen-bond acceptors (Lipinski definition) is 5. The van der Waals surface area contributed by atoms with Crippen molar-refractivity contribution in [2.24, 2.45) is 0 Å². The minimum atomic E-state index is 0.359. The summed E-state index contributed by atoms with van der Waals surface area (Å²) in [7, 11) is 0. The molecule has 0 atom stereocenters. The molecule has 2 heterocycles. The van der Waals surface area contributed by atoms with Gasteiger partial charge >= 0.3 is 0 Å². The van der Waals surface area contributed by atoms with Crippen molar-refractivity contribution in [3.05, 3.63) is 42.2 Å². The van der Waals surface area contributed by atoms with Gasteiger partial charge in [0.2, 0.25) is 5.95 Å². The first kappa shape index (κ1) is 13.4. The van der Waals surface area contributed by atoms with Crippen LogP contribution in [0.4, 0.5) is 17.3 Å². The van der Waals surface area contributed by atoms with Crippen LogP contribution in [-0.2, 0) is 0 Å². The molecule has 106 valence electrons. The minimum Gasteiger partial charge on any atom is -0.372 e. The smallest absolute Gasteiger partial charge is 0.228 e. The third-order valence-corrected chi connectivity index (χ3v) is 3.61. The first-order chi connectivity index (χ1) is 10.3. The van der Waals surface area contributed by atoms with Crippen LogP contribution >= 0.6 is 0 Å². The number of nitrogens with zero attached hydrogens (tertiary/aromatic N) is 4. The largest absolute Gasteiger partial charge is 0.372 e. The number of nitriles is 1. The fourth-order valence-corrected chi connectivity index (χ4v) is 2.52.